The van der Waals surface area contributed by atoms with Crippen LogP contribution in [0.15, 0.2) is 36.5 Å². The molecule has 20 heavy (non-hydrogen) atoms. The van der Waals surface area contributed by atoms with Gasteiger partial charge in [0, 0.05) is 12.5 Å². The van der Waals surface area contributed by atoms with Crippen molar-refractivity contribution in [3.05, 3.63) is 42.2 Å². The molecule has 0 saturated carbocycles. The second-order valence-corrected chi connectivity index (χ2v) is 5.12. The predicted octanol–water partition coefficient (Wildman–Crippen LogP) is 2.12. The predicted molar refractivity (Wildman–Crippen MR) is 74.5 cm³/mol. The molecule has 1 aliphatic rings. The molecule has 1 N–H and O–H groups in total. The first kappa shape index (κ1) is 13.3. The number of para-hydroxylation sites is 1. The Morgan fingerprint density at radius 1 is 1.40 bits per heavy atom. The van der Waals surface area contributed by atoms with E-state index < -0.39 is 6.10 Å². The lowest BCUT2D eigenvalue weighted by Gasteiger charge is -2.22. The highest BCUT2D eigenvalue weighted by Gasteiger charge is 2.35. The average Bonchev–Trinajstić information content (AvgIpc) is 3.16. The Labute approximate surface area is 118 Å². The van der Waals surface area contributed by atoms with Gasteiger partial charge < -0.3 is 9.84 Å². The first-order valence-corrected chi connectivity index (χ1v) is 7.07. The molecule has 1 aromatic heterocycles. The van der Waals surface area contributed by atoms with Crippen molar-refractivity contribution in [1.29, 1.82) is 0 Å². The number of ether oxygens (including phenoxy) is 1. The summed E-state index contributed by atoms with van der Waals surface area (Å²) >= 11 is 0. The summed E-state index contributed by atoms with van der Waals surface area (Å²) < 4.78 is 7.37. The van der Waals surface area contributed by atoms with Gasteiger partial charge in [0.05, 0.1) is 23.7 Å². The Morgan fingerprint density at radius 3 is 2.95 bits per heavy atom. The molecule has 1 aromatic carbocycles. The molecule has 1 fully saturated rings. The monoisotopic (exact) mass is 273 g/mol. The minimum atomic E-state index is -0.599. The third kappa shape index (κ3) is 2.34. The second-order valence-electron chi connectivity index (χ2n) is 5.12. The van der Waals surface area contributed by atoms with E-state index in [1.165, 1.54) is 0 Å². The van der Waals surface area contributed by atoms with E-state index in [4.69, 9.17) is 4.74 Å². The van der Waals surface area contributed by atoms with Gasteiger partial charge in [0.25, 0.3) is 0 Å². The maximum atomic E-state index is 10.7. The molecule has 5 heteroatoms. The first-order valence-electron chi connectivity index (χ1n) is 7.07. The van der Waals surface area contributed by atoms with E-state index in [9.17, 15) is 5.11 Å². The number of benzene rings is 1. The van der Waals surface area contributed by atoms with E-state index >= 15 is 0 Å². The van der Waals surface area contributed by atoms with Crippen molar-refractivity contribution in [2.45, 2.75) is 32.0 Å². The molecule has 1 saturated heterocycles. The van der Waals surface area contributed by atoms with Crippen molar-refractivity contribution in [2.24, 2.45) is 5.92 Å². The Kier molecular flexibility index (Phi) is 3.80. The summed E-state index contributed by atoms with van der Waals surface area (Å²) in [5.41, 5.74) is 1.64. The smallest absolute Gasteiger partial charge is 0.103 e. The van der Waals surface area contributed by atoms with Crippen LogP contribution in [0.4, 0.5) is 0 Å². The standard InChI is InChI=1S/C15H19N3O2/c1-2-14-12(8-9-20-14)15(19)13-10-16-17-18(13)11-6-4-3-5-7-11/h3-7,10,12,14-15,19H,2,8-9H2,1H3. The van der Waals surface area contributed by atoms with Crippen LogP contribution in [0.25, 0.3) is 5.69 Å². The maximum Gasteiger partial charge on any atom is 0.103 e. The summed E-state index contributed by atoms with van der Waals surface area (Å²) in [6, 6.07) is 9.75. The Balaban J connectivity index is 1.90. The van der Waals surface area contributed by atoms with Gasteiger partial charge in [-0.05, 0) is 25.0 Å². The van der Waals surface area contributed by atoms with Gasteiger partial charge in [-0.25, -0.2) is 4.68 Å². The molecule has 0 amide bonds. The highest BCUT2D eigenvalue weighted by molar-refractivity contribution is 5.32. The van der Waals surface area contributed by atoms with Crippen LogP contribution < -0.4 is 0 Å². The van der Waals surface area contributed by atoms with Gasteiger partial charge in [0.1, 0.15) is 6.10 Å². The molecule has 3 atom stereocenters. The molecule has 3 rings (SSSR count). The number of rotatable bonds is 4. The van der Waals surface area contributed by atoms with Crippen LogP contribution >= 0.6 is 0 Å². The molecular weight excluding hydrogens is 254 g/mol. The molecule has 2 heterocycles. The van der Waals surface area contributed by atoms with E-state index in [1.807, 2.05) is 30.3 Å². The first-order chi connectivity index (χ1) is 9.81. The van der Waals surface area contributed by atoms with Crippen molar-refractivity contribution in [3.63, 3.8) is 0 Å². The quantitative estimate of drug-likeness (QED) is 0.927. The molecule has 5 nitrogen and oxygen atoms in total. The van der Waals surface area contributed by atoms with Gasteiger partial charge in [0.2, 0.25) is 0 Å². The third-order valence-corrected chi connectivity index (χ3v) is 3.95. The fraction of sp³-hybridized carbons (Fsp3) is 0.467. The fourth-order valence-corrected chi connectivity index (χ4v) is 2.88. The van der Waals surface area contributed by atoms with Crippen molar-refractivity contribution < 1.29 is 9.84 Å². The Morgan fingerprint density at radius 2 is 2.20 bits per heavy atom. The van der Waals surface area contributed by atoms with Crippen molar-refractivity contribution >= 4 is 0 Å². The highest BCUT2D eigenvalue weighted by Crippen LogP contribution is 2.34. The van der Waals surface area contributed by atoms with Gasteiger partial charge in [0.15, 0.2) is 0 Å². The SMILES string of the molecule is CCC1OCCC1C(O)c1cnnn1-c1ccccc1. The average molecular weight is 273 g/mol. The summed E-state index contributed by atoms with van der Waals surface area (Å²) in [5.74, 6) is 0.112. The zero-order chi connectivity index (χ0) is 13.9. The molecule has 2 aromatic rings. The number of aliphatic hydroxyl groups excluding tert-OH is 1. The molecule has 0 spiro atoms. The molecule has 106 valence electrons. The fourth-order valence-electron chi connectivity index (χ4n) is 2.88. The van der Waals surface area contributed by atoms with E-state index in [1.54, 1.807) is 10.9 Å². The Bertz CT molecular complexity index is 555. The lowest BCUT2D eigenvalue weighted by Crippen LogP contribution is -2.23. The molecule has 0 radical (unpaired) electrons. The van der Waals surface area contributed by atoms with Gasteiger partial charge in [-0.3, -0.25) is 0 Å². The van der Waals surface area contributed by atoms with E-state index in [2.05, 4.69) is 17.2 Å². The van der Waals surface area contributed by atoms with Crippen molar-refractivity contribution in [1.82, 2.24) is 15.0 Å². The normalized spacial score (nSPS) is 23.9. The van der Waals surface area contributed by atoms with E-state index in [-0.39, 0.29) is 12.0 Å². The summed E-state index contributed by atoms with van der Waals surface area (Å²) in [4.78, 5) is 0. The zero-order valence-corrected chi connectivity index (χ0v) is 11.5. The number of aliphatic hydroxyl groups is 1. The van der Waals surface area contributed by atoms with Crippen LogP contribution in [0.1, 0.15) is 31.6 Å². The molecule has 0 bridgehead atoms. The summed E-state index contributed by atoms with van der Waals surface area (Å²) in [6.45, 7) is 2.80. The van der Waals surface area contributed by atoms with Crippen LogP contribution in [0.5, 0.6) is 0 Å². The Hall–Kier alpha value is -1.72. The molecular formula is C15H19N3O2. The van der Waals surface area contributed by atoms with Gasteiger partial charge in [-0.15, -0.1) is 5.10 Å². The largest absolute Gasteiger partial charge is 0.386 e. The van der Waals surface area contributed by atoms with E-state index in [0.29, 0.717) is 6.61 Å². The summed E-state index contributed by atoms with van der Waals surface area (Å²) in [5, 5.41) is 18.7. The molecule has 3 unspecified atom stereocenters. The van der Waals surface area contributed by atoms with E-state index in [0.717, 1.165) is 24.2 Å². The highest BCUT2D eigenvalue weighted by atomic mass is 16.5. The van der Waals surface area contributed by atoms with Crippen LogP contribution in [-0.2, 0) is 4.74 Å². The lowest BCUT2D eigenvalue weighted by atomic mass is 9.91. The summed E-state index contributed by atoms with van der Waals surface area (Å²) in [7, 11) is 0. The molecule has 0 aliphatic carbocycles. The maximum absolute atomic E-state index is 10.7. The van der Waals surface area contributed by atoms with Crippen LogP contribution in [-0.4, -0.2) is 32.8 Å². The minimum absolute atomic E-state index is 0.112. The molecule has 1 aliphatic heterocycles. The van der Waals surface area contributed by atoms with Crippen LogP contribution in [0.2, 0.25) is 0 Å². The number of nitrogens with zero attached hydrogens (tertiary/aromatic N) is 3. The van der Waals surface area contributed by atoms with Crippen molar-refractivity contribution in [2.75, 3.05) is 6.61 Å². The van der Waals surface area contributed by atoms with Crippen LogP contribution in [0, 0.1) is 5.92 Å². The second kappa shape index (κ2) is 5.73. The minimum Gasteiger partial charge on any atom is -0.386 e. The lowest BCUT2D eigenvalue weighted by molar-refractivity contribution is 0.0279. The number of hydrogen-bond donors (Lipinski definition) is 1. The van der Waals surface area contributed by atoms with Crippen LogP contribution in [0.3, 0.4) is 0 Å². The zero-order valence-electron chi connectivity index (χ0n) is 11.5. The summed E-state index contributed by atoms with van der Waals surface area (Å²) in [6.07, 6.45) is 2.94. The topological polar surface area (TPSA) is 60.2 Å². The number of hydrogen-bond acceptors (Lipinski definition) is 4. The van der Waals surface area contributed by atoms with Gasteiger partial charge >= 0.3 is 0 Å². The third-order valence-electron chi connectivity index (χ3n) is 3.95. The van der Waals surface area contributed by atoms with Gasteiger partial charge in [-0.1, -0.05) is 30.3 Å². The van der Waals surface area contributed by atoms with Gasteiger partial charge in [-0.2, -0.15) is 0 Å². The number of aromatic nitrogens is 3. The van der Waals surface area contributed by atoms with Crippen molar-refractivity contribution in [3.8, 4) is 5.69 Å².